The van der Waals surface area contributed by atoms with Gasteiger partial charge in [-0.15, -0.1) is 0 Å². The predicted molar refractivity (Wildman–Crippen MR) is 88.5 cm³/mol. The largest absolute Gasteiger partial charge is 0.299 e. The second-order valence-corrected chi connectivity index (χ2v) is 6.44. The normalized spacial score (nSPS) is 16.2. The molecule has 0 aromatic heterocycles. The standard InChI is InChI=1S/C20H24O/c21-20(13-11-16-6-2-1-3-7-16)15-17-10-12-18-8-4-5-9-19(18)14-17/h4-5,8-10,12,14,16H,1-3,6-7,11,13,15H2. The van der Waals surface area contributed by atoms with Crippen molar-refractivity contribution < 1.29 is 4.79 Å². The number of hydrogen-bond donors (Lipinski definition) is 0. The van der Waals surface area contributed by atoms with Crippen LogP contribution in [-0.2, 0) is 11.2 Å². The van der Waals surface area contributed by atoms with Gasteiger partial charge in [-0.3, -0.25) is 4.79 Å². The van der Waals surface area contributed by atoms with Crippen LogP contribution in [0.4, 0.5) is 0 Å². The van der Waals surface area contributed by atoms with Gasteiger partial charge in [0, 0.05) is 12.8 Å². The van der Waals surface area contributed by atoms with E-state index in [1.807, 2.05) is 0 Å². The van der Waals surface area contributed by atoms with Gasteiger partial charge >= 0.3 is 0 Å². The molecule has 0 amide bonds. The van der Waals surface area contributed by atoms with E-state index in [4.69, 9.17) is 0 Å². The van der Waals surface area contributed by atoms with Gasteiger partial charge in [0.25, 0.3) is 0 Å². The molecule has 21 heavy (non-hydrogen) atoms. The zero-order chi connectivity index (χ0) is 14.5. The second kappa shape index (κ2) is 6.89. The maximum absolute atomic E-state index is 12.2. The van der Waals surface area contributed by atoms with E-state index in [-0.39, 0.29) is 0 Å². The van der Waals surface area contributed by atoms with Crippen LogP contribution >= 0.6 is 0 Å². The van der Waals surface area contributed by atoms with E-state index in [9.17, 15) is 4.79 Å². The molecule has 2 aromatic rings. The van der Waals surface area contributed by atoms with Crippen LogP contribution in [0.1, 0.15) is 50.5 Å². The molecule has 110 valence electrons. The van der Waals surface area contributed by atoms with Gasteiger partial charge in [0.2, 0.25) is 0 Å². The summed E-state index contributed by atoms with van der Waals surface area (Å²) in [5, 5.41) is 2.48. The van der Waals surface area contributed by atoms with Crippen LogP contribution in [0.3, 0.4) is 0 Å². The monoisotopic (exact) mass is 280 g/mol. The van der Waals surface area contributed by atoms with Gasteiger partial charge in [-0.05, 0) is 28.7 Å². The number of fused-ring (bicyclic) bond motifs is 1. The molecule has 0 bridgehead atoms. The average Bonchev–Trinajstić information content (AvgIpc) is 2.54. The number of benzene rings is 2. The Kier molecular flexibility index (Phi) is 4.69. The van der Waals surface area contributed by atoms with Crippen LogP contribution in [0.15, 0.2) is 42.5 Å². The third-order valence-electron chi connectivity index (χ3n) is 4.77. The number of ketones is 1. The van der Waals surface area contributed by atoms with Gasteiger partial charge in [-0.1, -0.05) is 74.6 Å². The number of rotatable bonds is 5. The Balaban J connectivity index is 1.55. The van der Waals surface area contributed by atoms with E-state index < -0.39 is 0 Å². The van der Waals surface area contributed by atoms with Crippen molar-refractivity contribution >= 4 is 16.6 Å². The summed E-state index contributed by atoms with van der Waals surface area (Å²) >= 11 is 0. The SMILES string of the molecule is O=C(CCC1CCCCC1)Cc1ccc2ccccc2c1. The lowest BCUT2D eigenvalue weighted by atomic mass is 9.85. The first-order chi connectivity index (χ1) is 10.3. The van der Waals surface area contributed by atoms with Crippen LogP contribution < -0.4 is 0 Å². The molecule has 1 saturated carbocycles. The number of carbonyl (C=O) groups excluding carboxylic acids is 1. The fraction of sp³-hybridized carbons (Fsp3) is 0.450. The molecule has 0 unspecified atom stereocenters. The molecule has 0 spiro atoms. The molecule has 0 atom stereocenters. The molecule has 1 aliphatic carbocycles. The lowest BCUT2D eigenvalue weighted by Gasteiger charge is -2.20. The molecular weight excluding hydrogens is 256 g/mol. The predicted octanol–water partition coefficient (Wildman–Crippen LogP) is 5.31. The topological polar surface area (TPSA) is 17.1 Å². The van der Waals surface area contributed by atoms with Crippen molar-refractivity contribution in [3.63, 3.8) is 0 Å². The van der Waals surface area contributed by atoms with Crippen molar-refractivity contribution in [2.75, 3.05) is 0 Å². The van der Waals surface area contributed by atoms with Crippen LogP contribution in [0.25, 0.3) is 10.8 Å². The van der Waals surface area contributed by atoms with Crippen LogP contribution in [0, 0.1) is 5.92 Å². The van der Waals surface area contributed by atoms with Crippen molar-refractivity contribution in [1.29, 1.82) is 0 Å². The summed E-state index contributed by atoms with van der Waals surface area (Å²) in [6, 6.07) is 14.7. The minimum absolute atomic E-state index is 0.399. The van der Waals surface area contributed by atoms with Crippen molar-refractivity contribution in [3.8, 4) is 0 Å². The highest BCUT2D eigenvalue weighted by Crippen LogP contribution is 2.27. The summed E-state index contributed by atoms with van der Waals surface area (Å²) in [6.07, 6.45) is 9.25. The molecule has 0 aliphatic heterocycles. The first-order valence-electron chi connectivity index (χ1n) is 8.30. The third kappa shape index (κ3) is 3.93. The van der Waals surface area contributed by atoms with E-state index in [1.54, 1.807) is 0 Å². The lowest BCUT2D eigenvalue weighted by molar-refractivity contribution is -0.118. The van der Waals surface area contributed by atoms with E-state index >= 15 is 0 Å². The number of carbonyl (C=O) groups is 1. The van der Waals surface area contributed by atoms with Crippen molar-refractivity contribution in [2.45, 2.75) is 51.4 Å². The number of hydrogen-bond acceptors (Lipinski definition) is 1. The molecule has 1 nitrogen and oxygen atoms in total. The molecule has 2 aromatic carbocycles. The van der Waals surface area contributed by atoms with E-state index in [0.717, 1.165) is 24.3 Å². The van der Waals surface area contributed by atoms with Gasteiger partial charge in [0.15, 0.2) is 0 Å². The Labute approximate surface area is 127 Å². The van der Waals surface area contributed by atoms with Crippen LogP contribution in [0.2, 0.25) is 0 Å². The average molecular weight is 280 g/mol. The molecule has 0 heterocycles. The first-order valence-corrected chi connectivity index (χ1v) is 8.30. The van der Waals surface area contributed by atoms with Crippen LogP contribution in [-0.4, -0.2) is 5.78 Å². The quantitative estimate of drug-likeness (QED) is 0.725. The maximum atomic E-state index is 12.2. The van der Waals surface area contributed by atoms with Gasteiger partial charge in [-0.25, -0.2) is 0 Å². The van der Waals surface area contributed by atoms with Gasteiger partial charge in [0.05, 0.1) is 0 Å². The second-order valence-electron chi connectivity index (χ2n) is 6.44. The van der Waals surface area contributed by atoms with Gasteiger partial charge in [-0.2, -0.15) is 0 Å². The van der Waals surface area contributed by atoms with E-state index in [2.05, 4.69) is 42.5 Å². The van der Waals surface area contributed by atoms with Crippen molar-refractivity contribution in [1.82, 2.24) is 0 Å². The highest BCUT2D eigenvalue weighted by atomic mass is 16.1. The van der Waals surface area contributed by atoms with Crippen molar-refractivity contribution in [3.05, 3.63) is 48.0 Å². The zero-order valence-corrected chi connectivity index (χ0v) is 12.7. The van der Waals surface area contributed by atoms with Crippen LogP contribution in [0.5, 0.6) is 0 Å². The molecule has 3 rings (SSSR count). The summed E-state index contributed by atoms with van der Waals surface area (Å²) in [7, 11) is 0. The molecule has 1 fully saturated rings. The highest BCUT2D eigenvalue weighted by Gasteiger charge is 2.15. The number of Topliss-reactive ketones (excluding diaryl/α,β-unsaturated/α-hetero) is 1. The van der Waals surface area contributed by atoms with E-state index in [1.165, 1.54) is 42.9 Å². The molecular formula is C20H24O. The summed E-state index contributed by atoms with van der Waals surface area (Å²) < 4.78 is 0. The minimum atomic E-state index is 0.399. The van der Waals surface area contributed by atoms with E-state index in [0.29, 0.717) is 12.2 Å². The van der Waals surface area contributed by atoms with Crippen molar-refractivity contribution in [2.24, 2.45) is 5.92 Å². The summed E-state index contributed by atoms with van der Waals surface area (Å²) in [4.78, 5) is 12.2. The zero-order valence-electron chi connectivity index (χ0n) is 12.7. The lowest BCUT2D eigenvalue weighted by Crippen LogP contribution is -2.10. The molecule has 1 aliphatic rings. The fourth-order valence-electron chi connectivity index (χ4n) is 3.51. The first kappa shape index (κ1) is 14.3. The Morgan fingerprint density at radius 1 is 0.952 bits per heavy atom. The molecule has 0 saturated heterocycles. The molecule has 1 heteroatoms. The molecule has 0 radical (unpaired) electrons. The Hall–Kier alpha value is -1.63. The smallest absolute Gasteiger partial charge is 0.137 e. The minimum Gasteiger partial charge on any atom is -0.299 e. The van der Waals surface area contributed by atoms with Gasteiger partial charge < -0.3 is 0 Å². The maximum Gasteiger partial charge on any atom is 0.137 e. The Bertz CT molecular complexity index is 608. The summed E-state index contributed by atoms with van der Waals surface area (Å²) in [6.45, 7) is 0. The highest BCUT2D eigenvalue weighted by molar-refractivity contribution is 5.86. The Morgan fingerprint density at radius 2 is 1.71 bits per heavy atom. The summed E-state index contributed by atoms with van der Waals surface area (Å²) in [5.41, 5.74) is 1.15. The van der Waals surface area contributed by atoms with Gasteiger partial charge in [0.1, 0.15) is 5.78 Å². The Morgan fingerprint density at radius 3 is 2.52 bits per heavy atom. The molecule has 0 N–H and O–H groups in total. The third-order valence-corrected chi connectivity index (χ3v) is 4.77. The summed E-state index contributed by atoms with van der Waals surface area (Å²) in [5.74, 6) is 1.20. The fourth-order valence-corrected chi connectivity index (χ4v) is 3.51.